The zero-order valence-electron chi connectivity index (χ0n) is 17.2. The Labute approximate surface area is 201 Å². The smallest absolute Gasteiger partial charge is 0.353 e. The molecular weight excluding hydrogens is 498 g/mol. The number of fused-ring (bicyclic) bond motifs is 1. The molecule has 13 heteroatoms. The molecule has 180 valence electrons. The van der Waals surface area contributed by atoms with Gasteiger partial charge in [0.25, 0.3) is 0 Å². The molecule has 2 saturated heterocycles. The Balaban J connectivity index is 1.49. The maximum atomic E-state index is 13.0. The number of piperidine rings is 1. The predicted molar refractivity (Wildman–Crippen MR) is 119 cm³/mol. The number of carbonyl (C=O) groups excluding carboxylic acids is 3. The van der Waals surface area contributed by atoms with E-state index in [-0.39, 0.29) is 27.8 Å². The molecule has 2 aromatic carbocycles. The average Bonchev–Trinajstić information content (AvgIpc) is 2.75. The first-order valence-electron chi connectivity index (χ1n) is 10.1. The summed E-state index contributed by atoms with van der Waals surface area (Å²) in [5.41, 5.74) is -0.534. The topological polar surface area (TPSA) is 111 Å². The number of alkyl halides is 3. The Kier molecular flexibility index (Phi) is 6.61. The van der Waals surface area contributed by atoms with Crippen LogP contribution in [0, 0.1) is 11.8 Å². The second-order valence-corrected chi connectivity index (χ2v) is 8.59. The van der Waals surface area contributed by atoms with Gasteiger partial charge in [-0.2, -0.15) is 13.2 Å². The van der Waals surface area contributed by atoms with E-state index < -0.39 is 53.8 Å². The van der Waals surface area contributed by atoms with Crippen LogP contribution in [0.4, 0.5) is 24.5 Å². The number of amides is 3. The minimum absolute atomic E-state index is 0.0955. The third-order valence-electron chi connectivity index (χ3n) is 5.50. The molecule has 2 aromatic rings. The molecule has 4 unspecified atom stereocenters. The van der Waals surface area contributed by atoms with Gasteiger partial charge in [-0.15, -0.1) is 0 Å². The van der Waals surface area contributed by atoms with Gasteiger partial charge in [-0.3, -0.25) is 19.7 Å². The molecule has 8 nitrogen and oxygen atoms in total. The second kappa shape index (κ2) is 9.32. The van der Waals surface area contributed by atoms with E-state index in [1.54, 1.807) is 12.1 Å². The highest BCUT2D eigenvalue weighted by Gasteiger charge is 2.48. The summed E-state index contributed by atoms with van der Waals surface area (Å²) in [7, 11) is 0. The maximum Gasteiger partial charge on any atom is 0.416 e. The van der Waals surface area contributed by atoms with E-state index in [4.69, 9.17) is 23.2 Å². The van der Waals surface area contributed by atoms with Crippen LogP contribution in [0.2, 0.25) is 10.0 Å². The average molecular weight is 516 g/mol. The van der Waals surface area contributed by atoms with Gasteiger partial charge in [0.15, 0.2) is 6.29 Å². The Morgan fingerprint density at radius 2 is 1.79 bits per heavy atom. The monoisotopic (exact) mass is 515 g/mol. The van der Waals surface area contributed by atoms with Crippen LogP contribution in [0.15, 0.2) is 42.5 Å². The van der Waals surface area contributed by atoms with E-state index in [9.17, 15) is 27.6 Å². The van der Waals surface area contributed by atoms with Gasteiger partial charge in [0.1, 0.15) is 0 Å². The maximum absolute atomic E-state index is 13.0. The lowest BCUT2D eigenvalue weighted by molar-refractivity contribution is -0.144. The summed E-state index contributed by atoms with van der Waals surface area (Å²) < 4.78 is 38.9. The molecule has 5 N–H and O–H groups in total. The zero-order chi connectivity index (χ0) is 24.6. The fraction of sp³-hybridized carbons (Fsp3) is 0.286. The molecule has 2 fully saturated rings. The number of nitrogens with one attached hydrogen (secondary N) is 5. The van der Waals surface area contributed by atoms with Crippen LogP contribution < -0.4 is 26.6 Å². The molecule has 2 heterocycles. The Morgan fingerprint density at radius 1 is 1.06 bits per heavy atom. The molecule has 3 amide bonds. The lowest BCUT2D eigenvalue weighted by atomic mass is 9.81. The summed E-state index contributed by atoms with van der Waals surface area (Å²) in [4.78, 5) is 38.1. The van der Waals surface area contributed by atoms with E-state index in [1.807, 2.05) is 0 Å². The molecule has 4 atom stereocenters. The van der Waals surface area contributed by atoms with Crippen LogP contribution in [0.1, 0.15) is 12.0 Å². The van der Waals surface area contributed by atoms with Crippen LogP contribution in [-0.2, 0) is 20.6 Å². The lowest BCUT2D eigenvalue weighted by Crippen LogP contribution is -2.72. The van der Waals surface area contributed by atoms with Crippen molar-refractivity contribution in [3.63, 3.8) is 0 Å². The van der Waals surface area contributed by atoms with Gasteiger partial charge in [0.2, 0.25) is 17.7 Å². The number of anilines is 2. The Bertz CT molecular complexity index is 1150. The van der Waals surface area contributed by atoms with E-state index in [1.165, 1.54) is 18.2 Å². The molecule has 0 aliphatic carbocycles. The van der Waals surface area contributed by atoms with Crippen LogP contribution in [-0.4, -0.2) is 30.2 Å². The molecule has 0 aromatic heterocycles. The molecule has 2 aliphatic rings. The van der Waals surface area contributed by atoms with Gasteiger partial charge >= 0.3 is 6.18 Å². The van der Waals surface area contributed by atoms with Crippen molar-refractivity contribution < 1.29 is 27.6 Å². The summed E-state index contributed by atoms with van der Waals surface area (Å²) >= 11 is 12.1. The van der Waals surface area contributed by atoms with E-state index in [2.05, 4.69) is 26.6 Å². The molecular formula is C21H18Cl2F3N5O3. The van der Waals surface area contributed by atoms with Crippen molar-refractivity contribution in [2.45, 2.75) is 25.1 Å². The molecule has 0 saturated carbocycles. The highest BCUT2D eigenvalue weighted by Crippen LogP contribution is 2.33. The number of benzene rings is 2. The van der Waals surface area contributed by atoms with E-state index >= 15 is 0 Å². The molecule has 2 aliphatic heterocycles. The van der Waals surface area contributed by atoms with Crippen LogP contribution in [0.3, 0.4) is 0 Å². The third kappa shape index (κ3) is 5.06. The molecule has 4 rings (SSSR count). The van der Waals surface area contributed by atoms with Crippen molar-refractivity contribution in [2.24, 2.45) is 11.8 Å². The number of rotatable bonds is 4. The highest BCUT2D eigenvalue weighted by molar-refractivity contribution is 6.44. The fourth-order valence-corrected chi connectivity index (χ4v) is 4.28. The normalized spacial score (nSPS) is 24.5. The summed E-state index contributed by atoms with van der Waals surface area (Å²) in [6, 6.07) is 9.09. The van der Waals surface area contributed by atoms with Gasteiger partial charge in [-0.05, 0) is 30.3 Å². The molecule has 0 radical (unpaired) electrons. The van der Waals surface area contributed by atoms with Gasteiger partial charge in [-0.25, -0.2) is 0 Å². The first kappa shape index (κ1) is 24.1. The summed E-state index contributed by atoms with van der Waals surface area (Å²) in [6.07, 6.45) is -6.72. The van der Waals surface area contributed by atoms with Crippen LogP contribution in [0.25, 0.3) is 0 Å². The third-order valence-corrected chi connectivity index (χ3v) is 6.32. The largest absolute Gasteiger partial charge is 0.416 e. The number of hydrogen-bond acceptors (Lipinski definition) is 5. The second-order valence-electron chi connectivity index (χ2n) is 7.80. The first-order valence-corrected chi connectivity index (χ1v) is 10.8. The van der Waals surface area contributed by atoms with E-state index in [0.717, 1.165) is 12.1 Å². The Morgan fingerprint density at radius 3 is 2.53 bits per heavy atom. The SMILES string of the molecule is O=C1CC(C(=O)Nc2cccc(Cl)c2Cl)C2C(=O)NC(Nc3cccc(C(F)(F)F)c3)NC2N1. The van der Waals surface area contributed by atoms with Crippen molar-refractivity contribution in [3.8, 4) is 0 Å². The summed E-state index contributed by atoms with van der Waals surface area (Å²) in [5, 5.41) is 13.8. The quantitative estimate of drug-likeness (QED) is 0.429. The lowest BCUT2D eigenvalue weighted by Gasteiger charge is -2.43. The fourth-order valence-electron chi connectivity index (χ4n) is 3.93. The van der Waals surface area contributed by atoms with Gasteiger partial charge in [-0.1, -0.05) is 35.3 Å². The molecule has 0 bridgehead atoms. The zero-order valence-corrected chi connectivity index (χ0v) is 18.7. The first-order chi connectivity index (χ1) is 16.0. The molecule has 0 spiro atoms. The van der Waals surface area contributed by atoms with Crippen LogP contribution in [0.5, 0.6) is 0 Å². The van der Waals surface area contributed by atoms with Gasteiger partial charge in [0, 0.05) is 12.1 Å². The van der Waals surface area contributed by atoms with Crippen molar-refractivity contribution in [1.82, 2.24) is 16.0 Å². The van der Waals surface area contributed by atoms with Crippen molar-refractivity contribution in [2.75, 3.05) is 10.6 Å². The predicted octanol–water partition coefficient (Wildman–Crippen LogP) is 3.14. The van der Waals surface area contributed by atoms with Crippen molar-refractivity contribution >= 4 is 52.3 Å². The standard InChI is InChI=1S/C21H18Cl2F3N5O3/c22-12-5-2-6-13(16(12)23)28-18(33)11-8-14(32)29-17-15(11)19(34)31-20(30-17)27-10-4-1-3-9(7-10)21(24,25)26/h1-7,11,15,17,20,27,30H,8H2,(H,28,33)(H,29,32)(H,31,34). The minimum Gasteiger partial charge on any atom is -0.353 e. The van der Waals surface area contributed by atoms with E-state index in [0.29, 0.717) is 0 Å². The van der Waals surface area contributed by atoms with Crippen molar-refractivity contribution in [3.05, 3.63) is 58.1 Å². The van der Waals surface area contributed by atoms with Crippen molar-refractivity contribution in [1.29, 1.82) is 0 Å². The Hall–Kier alpha value is -3.02. The number of carbonyl (C=O) groups is 3. The molecule has 34 heavy (non-hydrogen) atoms. The van der Waals surface area contributed by atoms with Crippen LogP contribution >= 0.6 is 23.2 Å². The summed E-state index contributed by atoms with van der Waals surface area (Å²) in [5.74, 6) is -3.65. The van der Waals surface area contributed by atoms with Gasteiger partial charge in [0.05, 0.1) is 39.3 Å². The van der Waals surface area contributed by atoms with Gasteiger partial charge < -0.3 is 21.3 Å². The highest BCUT2D eigenvalue weighted by atomic mass is 35.5. The number of hydrogen-bond donors (Lipinski definition) is 5. The minimum atomic E-state index is -4.53. The number of halogens is 5. The summed E-state index contributed by atoms with van der Waals surface area (Å²) in [6.45, 7) is 0.